The van der Waals surface area contributed by atoms with Gasteiger partial charge in [0.2, 0.25) is 0 Å². The Hall–Kier alpha value is -1.23. The second-order valence-corrected chi connectivity index (χ2v) is 4.60. The van der Waals surface area contributed by atoms with Gasteiger partial charge in [0, 0.05) is 31.3 Å². The summed E-state index contributed by atoms with van der Waals surface area (Å²) in [6.07, 6.45) is 1.76. The highest BCUT2D eigenvalue weighted by Gasteiger charge is 2.19. The molecule has 2 nitrogen and oxygen atoms in total. The van der Waals surface area contributed by atoms with E-state index in [1.54, 1.807) is 0 Å². The molecule has 0 aliphatic carbocycles. The minimum absolute atomic E-state index is 0.0452. The summed E-state index contributed by atoms with van der Waals surface area (Å²) in [7, 11) is 0. The van der Waals surface area contributed by atoms with E-state index in [4.69, 9.17) is 0 Å². The van der Waals surface area contributed by atoms with Crippen LogP contribution in [0.2, 0.25) is 0 Å². The quantitative estimate of drug-likeness (QED) is 0.838. The zero-order valence-electron chi connectivity index (χ0n) is 10.3. The van der Waals surface area contributed by atoms with Gasteiger partial charge in [0.25, 0.3) is 0 Å². The van der Waals surface area contributed by atoms with Crippen molar-refractivity contribution in [2.75, 3.05) is 25.0 Å². The highest BCUT2D eigenvalue weighted by molar-refractivity contribution is 5.46. The lowest BCUT2D eigenvalue weighted by molar-refractivity contribution is 0.229. The van der Waals surface area contributed by atoms with Crippen LogP contribution >= 0.6 is 0 Å². The van der Waals surface area contributed by atoms with Crippen LogP contribution in [0.5, 0.6) is 0 Å². The molecule has 0 bridgehead atoms. The van der Waals surface area contributed by atoms with E-state index in [0.717, 1.165) is 38.5 Å². The number of nitrogens with zero attached hydrogens (tertiary/aromatic N) is 1. The van der Waals surface area contributed by atoms with Crippen molar-refractivity contribution in [3.63, 3.8) is 0 Å². The maximum Gasteiger partial charge on any atom is 0.161 e. The lowest BCUT2D eigenvalue weighted by Crippen LogP contribution is -2.39. The van der Waals surface area contributed by atoms with Crippen molar-refractivity contribution in [3.8, 4) is 0 Å². The van der Waals surface area contributed by atoms with Gasteiger partial charge >= 0.3 is 0 Å². The average Bonchev–Trinajstić information content (AvgIpc) is 2.37. The van der Waals surface area contributed by atoms with E-state index >= 15 is 0 Å². The van der Waals surface area contributed by atoms with Gasteiger partial charge in [-0.3, -0.25) is 0 Å². The maximum absolute atomic E-state index is 13.4. The number of benzene rings is 1. The number of nitrogens with one attached hydrogen (secondary N) is 1. The summed E-state index contributed by atoms with van der Waals surface area (Å²) in [4.78, 5) is 2.31. The van der Waals surface area contributed by atoms with Crippen molar-refractivity contribution in [2.45, 2.75) is 25.8 Å². The molecule has 0 amide bonds. The first-order chi connectivity index (χ1) is 8.60. The van der Waals surface area contributed by atoms with E-state index in [0.29, 0.717) is 6.07 Å². The van der Waals surface area contributed by atoms with Crippen molar-refractivity contribution < 1.29 is 13.2 Å². The molecule has 0 unspecified atom stereocenters. The van der Waals surface area contributed by atoms with Crippen LogP contribution in [0.4, 0.5) is 18.9 Å². The van der Waals surface area contributed by atoms with E-state index in [1.165, 1.54) is 0 Å². The van der Waals surface area contributed by atoms with Crippen LogP contribution in [0, 0.1) is 17.5 Å². The molecule has 0 aromatic heterocycles. The second kappa shape index (κ2) is 5.61. The summed E-state index contributed by atoms with van der Waals surface area (Å²) in [5.74, 6) is -2.92. The zero-order chi connectivity index (χ0) is 13.1. The molecule has 1 aliphatic heterocycles. The van der Waals surface area contributed by atoms with Crippen molar-refractivity contribution in [3.05, 3.63) is 29.6 Å². The first kappa shape index (κ1) is 13.2. The molecule has 5 heteroatoms. The molecule has 1 aromatic carbocycles. The molecule has 1 saturated heterocycles. The molecule has 1 heterocycles. The molecule has 100 valence electrons. The summed E-state index contributed by atoms with van der Waals surface area (Å²) in [5, 5.41) is 2.95. The smallest absolute Gasteiger partial charge is 0.161 e. The molecular weight excluding hydrogens is 241 g/mol. The van der Waals surface area contributed by atoms with Gasteiger partial charge in [0.1, 0.15) is 5.82 Å². The Balaban J connectivity index is 2.00. The van der Waals surface area contributed by atoms with Crippen LogP contribution in [0.3, 0.4) is 0 Å². The van der Waals surface area contributed by atoms with E-state index in [2.05, 4.69) is 17.1 Å². The highest BCUT2D eigenvalue weighted by Crippen LogP contribution is 2.22. The Labute approximate surface area is 105 Å². The first-order valence-corrected chi connectivity index (χ1v) is 6.23. The molecule has 1 aromatic rings. The van der Waals surface area contributed by atoms with E-state index in [1.807, 2.05) is 0 Å². The van der Waals surface area contributed by atoms with Crippen LogP contribution in [0.15, 0.2) is 12.1 Å². The van der Waals surface area contributed by atoms with Gasteiger partial charge in [0.15, 0.2) is 11.6 Å². The Morgan fingerprint density at radius 1 is 1.11 bits per heavy atom. The van der Waals surface area contributed by atoms with Gasteiger partial charge in [-0.1, -0.05) is 6.92 Å². The van der Waals surface area contributed by atoms with Crippen molar-refractivity contribution >= 4 is 5.69 Å². The van der Waals surface area contributed by atoms with E-state index in [-0.39, 0.29) is 11.7 Å². The largest absolute Gasteiger partial charge is 0.380 e. The average molecular weight is 258 g/mol. The van der Waals surface area contributed by atoms with Crippen LogP contribution in [-0.4, -0.2) is 30.6 Å². The molecule has 18 heavy (non-hydrogen) atoms. The van der Waals surface area contributed by atoms with Gasteiger partial charge in [-0.05, 0) is 19.4 Å². The Bertz CT molecular complexity index is 415. The third-order valence-corrected chi connectivity index (χ3v) is 3.40. The predicted octanol–water partition coefficient (Wildman–Crippen LogP) is 3.00. The number of hydrogen-bond acceptors (Lipinski definition) is 2. The molecule has 0 radical (unpaired) electrons. The number of rotatable bonds is 3. The van der Waals surface area contributed by atoms with Crippen molar-refractivity contribution in [2.24, 2.45) is 0 Å². The molecule has 1 fully saturated rings. The van der Waals surface area contributed by atoms with Crippen LogP contribution in [-0.2, 0) is 0 Å². The van der Waals surface area contributed by atoms with Gasteiger partial charge in [0.05, 0.1) is 5.69 Å². The lowest BCUT2D eigenvalue weighted by Gasteiger charge is -2.32. The molecule has 2 rings (SSSR count). The topological polar surface area (TPSA) is 15.3 Å². The summed E-state index contributed by atoms with van der Waals surface area (Å²) < 4.78 is 39.3. The number of hydrogen-bond donors (Lipinski definition) is 1. The number of likely N-dealkylation sites (tertiary alicyclic amines) is 1. The highest BCUT2D eigenvalue weighted by atomic mass is 19.2. The molecule has 0 spiro atoms. The summed E-state index contributed by atoms with van der Waals surface area (Å²) in [6, 6.07) is 1.59. The minimum atomic E-state index is -1.15. The molecule has 1 aliphatic rings. The lowest BCUT2D eigenvalue weighted by atomic mass is 10.0. The maximum atomic E-state index is 13.4. The van der Waals surface area contributed by atoms with E-state index < -0.39 is 17.5 Å². The van der Waals surface area contributed by atoms with Gasteiger partial charge in [-0.2, -0.15) is 0 Å². The first-order valence-electron chi connectivity index (χ1n) is 6.23. The molecule has 1 N–H and O–H groups in total. The standard InChI is InChI=1S/C13H17F3N2/c1-2-18-5-3-9(4-6-18)17-13-8-11(15)10(14)7-12(13)16/h7-9,17H,2-6H2,1H3. The van der Waals surface area contributed by atoms with Crippen molar-refractivity contribution in [1.29, 1.82) is 0 Å². The third kappa shape index (κ3) is 2.96. The minimum Gasteiger partial charge on any atom is -0.380 e. The second-order valence-electron chi connectivity index (χ2n) is 4.60. The number of anilines is 1. The third-order valence-electron chi connectivity index (χ3n) is 3.40. The SMILES string of the molecule is CCN1CCC(Nc2cc(F)c(F)cc2F)CC1. The molecule has 0 saturated carbocycles. The Morgan fingerprint density at radius 3 is 2.33 bits per heavy atom. The van der Waals surface area contributed by atoms with E-state index in [9.17, 15) is 13.2 Å². The van der Waals surface area contributed by atoms with Gasteiger partial charge in [-0.15, -0.1) is 0 Å². The normalized spacial score (nSPS) is 18.0. The summed E-state index contributed by atoms with van der Waals surface area (Å²) >= 11 is 0. The van der Waals surface area contributed by atoms with Gasteiger partial charge in [-0.25, -0.2) is 13.2 Å². The van der Waals surface area contributed by atoms with Gasteiger partial charge < -0.3 is 10.2 Å². The number of piperidine rings is 1. The fraction of sp³-hybridized carbons (Fsp3) is 0.538. The monoisotopic (exact) mass is 258 g/mol. The van der Waals surface area contributed by atoms with Crippen LogP contribution in [0.1, 0.15) is 19.8 Å². The Kier molecular flexibility index (Phi) is 4.11. The Morgan fingerprint density at radius 2 is 1.72 bits per heavy atom. The fourth-order valence-corrected chi connectivity index (χ4v) is 2.25. The fourth-order valence-electron chi connectivity index (χ4n) is 2.25. The number of halogens is 3. The molecule has 0 atom stereocenters. The summed E-state index contributed by atoms with van der Waals surface area (Å²) in [5.41, 5.74) is 0.0452. The predicted molar refractivity (Wildman–Crippen MR) is 65.1 cm³/mol. The summed E-state index contributed by atoms with van der Waals surface area (Å²) in [6.45, 7) is 4.99. The molecular formula is C13H17F3N2. The van der Waals surface area contributed by atoms with Crippen LogP contribution in [0.25, 0.3) is 0 Å². The van der Waals surface area contributed by atoms with Crippen molar-refractivity contribution in [1.82, 2.24) is 4.90 Å². The van der Waals surface area contributed by atoms with Crippen LogP contribution < -0.4 is 5.32 Å². The zero-order valence-corrected chi connectivity index (χ0v) is 10.3.